The van der Waals surface area contributed by atoms with Crippen LogP contribution in [0.5, 0.6) is 5.75 Å². The van der Waals surface area contributed by atoms with Crippen molar-refractivity contribution < 1.29 is 14.3 Å². The van der Waals surface area contributed by atoms with Crippen molar-refractivity contribution in [3.05, 3.63) is 53.4 Å². The summed E-state index contributed by atoms with van der Waals surface area (Å²) in [4.78, 5) is 10.6. The molecular weight excluding hydrogens is 491 g/mol. The van der Waals surface area contributed by atoms with Crippen LogP contribution in [0.25, 0.3) is 0 Å². The van der Waals surface area contributed by atoms with Crippen molar-refractivity contribution in [3.8, 4) is 5.75 Å². The normalized spacial score (nSPS) is 24.4. The molecule has 39 heavy (non-hydrogen) atoms. The van der Waals surface area contributed by atoms with E-state index in [4.69, 9.17) is 9.47 Å². The number of hydrogen-bond acceptors (Lipinski definition) is 7. The number of nitrogens with zero attached hydrogens (tertiary/aromatic N) is 6. The van der Waals surface area contributed by atoms with Gasteiger partial charge in [-0.25, -0.2) is 4.68 Å². The zero-order valence-electron chi connectivity index (χ0n) is 23.6. The molecule has 0 spiro atoms. The van der Waals surface area contributed by atoms with E-state index in [1.54, 1.807) is 7.28 Å². The van der Waals surface area contributed by atoms with Crippen molar-refractivity contribution in [2.45, 2.75) is 95.7 Å². The molecule has 3 heterocycles. The lowest BCUT2D eigenvalue weighted by Gasteiger charge is -2.28. The second kappa shape index (κ2) is 12.4. The minimum Gasteiger partial charge on any atom is -0.483 e. The van der Waals surface area contributed by atoms with Gasteiger partial charge in [0.25, 0.3) is 0 Å². The molecule has 5 rings (SSSR count). The van der Waals surface area contributed by atoms with E-state index in [9.17, 15) is 4.79 Å². The number of hydrogen-bond donors (Lipinski definition) is 0. The van der Waals surface area contributed by atoms with Gasteiger partial charge in [-0.15, -0.1) is 15.3 Å². The molecule has 207 valence electrons. The van der Waals surface area contributed by atoms with Gasteiger partial charge in [0.2, 0.25) is 0 Å². The first kappa shape index (κ1) is 27.6. The van der Waals surface area contributed by atoms with E-state index in [0.29, 0.717) is 30.4 Å². The third-order valence-corrected chi connectivity index (χ3v) is 8.37. The molecule has 0 unspecified atom stereocenters. The van der Waals surface area contributed by atoms with Gasteiger partial charge >= 0.3 is 0 Å². The Hall–Kier alpha value is -3.01. The van der Waals surface area contributed by atoms with Gasteiger partial charge in [-0.3, -0.25) is 0 Å². The average molecular weight is 531 g/mol. The number of benzene rings is 1. The average Bonchev–Trinajstić information content (AvgIpc) is 3.60. The van der Waals surface area contributed by atoms with Crippen molar-refractivity contribution in [1.82, 2.24) is 29.8 Å². The molecule has 3 atom stereocenters. The molecule has 1 radical (unpaired) electrons. The van der Waals surface area contributed by atoms with Gasteiger partial charge in [0.05, 0.1) is 18.4 Å². The molecule has 1 saturated heterocycles. The number of aromatic nitrogens is 6. The lowest BCUT2D eigenvalue weighted by atomic mass is 9.70. The SMILES string of the molecule is CC(C)c1cccc(O[C@H](C)c2nnc(C3CCC(n4cc([C@@H]5CC[C@@H](C[B]C=O)CO5)nn4)CC3)n2C)c1. The van der Waals surface area contributed by atoms with E-state index in [1.807, 2.05) is 23.7 Å². The molecule has 10 heteroatoms. The van der Waals surface area contributed by atoms with Crippen LogP contribution in [0.15, 0.2) is 30.5 Å². The Morgan fingerprint density at radius 3 is 2.64 bits per heavy atom. The van der Waals surface area contributed by atoms with E-state index in [2.05, 4.69) is 64.3 Å². The Labute approximate surface area is 231 Å². The van der Waals surface area contributed by atoms with Gasteiger partial charge in [0.15, 0.2) is 19.2 Å². The van der Waals surface area contributed by atoms with E-state index in [1.165, 1.54) is 5.56 Å². The summed E-state index contributed by atoms with van der Waals surface area (Å²) in [7, 11) is 3.74. The van der Waals surface area contributed by atoms with Gasteiger partial charge in [-0.2, -0.15) is 0 Å². The smallest absolute Gasteiger partial charge is 0.197 e. The Morgan fingerprint density at radius 2 is 1.92 bits per heavy atom. The summed E-state index contributed by atoms with van der Waals surface area (Å²) < 4.78 is 16.5. The van der Waals surface area contributed by atoms with Crippen molar-refractivity contribution >= 4 is 13.5 Å². The first-order valence-electron chi connectivity index (χ1n) is 14.4. The minimum atomic E-state index is -0.191. The van der Waals surface area contributed by atoms with Gasteiger partial charge in [-0.1, -0.05) is 37.5 Å². The molecule has 2 fully saturated rings. The predicted octanol–water partition coefficient (Wildman–Crippen LogP) is 5.35. The predicted molar refractivity (Wildman–Crippen MR) is 150 cm³/mol. The highest BCUT2D eigenvalue weighted by atomic mass is 16.5. The monoisotopic (exact) mass is 531 g/mol. The third-order valence-electron chi connectivity index (χ3n) is 8.37. The van der Waals surface area contributed by atoms with Crippen LogP contribution < -0.4 is 4.74 Å². The minimum absolute atomic E-state index is 0.00306. The van der Waals surface area contributed by atoms with Crippen molar-refractivity contribution in [2.24, 2.45) is 13.0 Å². The van der Waals surface area contributed by atoms with Crippen LogP contribution in [0.3, 0.4) is 0 Å². The standard InChI is InChI=1S/C29H40BN6O3/c1-19(2)23-6-5-7-25(14-23)39-20(3)28-32-33-29(35(28)4)22-9-11-24(12-10-22)36-16-26(31-34-36)27-13-8-21(17-38-27)15-30-18-37/h5-7,14,16,18-22,24,27H,8-13,15,17H2,1-4H3/t20-,21+,22?,24?,27+/m1/s1. The second-order valence-corrected chi connectivity index (χ2v) is 11.5. The van der Waals surface area contributed by atoms with Gasteiger partial charge in [0.1, 0.15) is 23.4 Å². The Balaban J connectivity index is 1.15. The topological polar surface area (TPSA) is 97.0 Å². The molecule has 2 aliphatic rings. The van der Waals surface area contributed by atoms with Crippen LogP contribution in [0, 0.1) is 5.92 Å². The molecular formula is C29H40BN6O3. The highest BCUT2D eigenvalue weighted by Crippen LogP contribution is 2.38. The Bertz CT molecular complexity index is 1230. The molecule has 1 aliphatic carbocycles. The van der Waals surface area contributed by atoms with Crippen LogP contribution in [-0.2, 0) is 16.6 Å². The molecule has 0 bridgehead atoms. The third kappa shape index (κ3) is 6.43. The number of ether oxygens (including phenoxy) is 2. The second-order valence-electron chi connectivity index (χ2n) is 11.5. The fraction of sp³-hybridized carbons (Fsp3) is 0.621. The van der Waals surface area contributed by atoms with Crippen LogP contribution >= 0.6 is 0 Å². The number of carbonyl (C=O) groups excluding carboxylic acids is 1. The zero-order chi connectivity index (χ0) is 27.4. The maximum atomic E-state index is 10.6. The fourth-order valence-corrected chi connectivity index (χ4v) is 5.96. The zero-order valence-corrected chi connectivity index (χ0v) is 23.6. The van der Waals surface area contributed by atoms with Crippen molar-refractivity contribution in [3.63, 3.8) is 0 Å². The molecule has 2 aromatic heterocycles. The van der Waals surface area contributed by atoms with Crippen LogP contribution in [0.4, 0.5) is 0 Å². The molecule has 0 N–H and O–H groups in total. The summed E-state index contributed by atoms with van der Waals surface area (Å²) in [5.74, 6) is 3.99. The maximum absolute atomic E-state index is 10.6. The molecule has 1 aliphatic heterocycles. The summed E-state index contributed by atoms with van der Waals surface area (Å²) in [6.45, 7) is 7.08. The molecule has 3 aromatic rings. The molecule has 1 aromatic carbocycles. The summed E-state index contributed by atoms with van der Waals surface area (Å²) in [6, 6.07) is 8.63. The molecule has 0 amide bonds. The van der Waals surface area contributed by atoms with E-state index in [0.717, 1.165) is 74.1 Å². The Kier molecular flexibility index (Phi) is 8.80. The Morgan fingerprint density at radius 1 is 1.10 bits per heavy atom. The first-order valence-corrected chi connectivity index (χ1v) is 14.4. The summed E-state index contributed by atoms with van der Waals surface area (Å²) in [5.41, 5.74) is 2.18. The van der Waals surface area contributed by atoms with Crippen LogP contribution in [0.2, 0.25) is 6.32 Å². The number of rotatable bonds is 10. The van der Waals surface area contributed by atoms with Gasteiger partial charge in [0, 0.05) is 19.6 Å². The van der Waals surface area contributed by atoms with Crippen LogP contribution in [-0.4, -0.2) is 49.8 Å². The summed E-state index contributed by atoms with van der Waals surface area (Å²) in [6.07, 6.45) is 9.62. The van der Waals surface area contributed by atoms with Gasteiger partial charge < -0.3 is 18.8 Å². The first-order chi connectivity index (χ1) is 18.9. The lowest BCUT2D eigenvalue weighted by Crippen LogP contribution is -2.22. The van der Waals surface area contributed by atoms with E-state index >= 15 is 0 Å². The van der Waals surface area contributed by atoms with Crippen molar-refractivity contribution in [2.75, 3.05) is 6.61 Å². The molecule has 1 saturated carbocycles. The van der Waals surface area contributed by atoms with Crippen LogP contribution in [0.1, 0.15) is 112 Å². The van der Waals surface area contributed by atoms with Gasteiger partial charge in [-0.05, 0) is 75.0 Å². The fourth-order valence-electron chi connectivity index (χ4n) is 5.96. The maximum Gasteiger partial charge on any atom is 0.197 e. The highest BCUT2D eigenvalue weighted by Gasteiger charge is 2.30. The lowest BCUT2D eigenvalue weighted by molar-refractivity contribution is -0.0146. The highest BCUT2D eigenvalue weighted by molar-refractivity contribution is 6.66. The van der Waals surface area contributed by atoms with E-state index < -0.39 is 0 Å². The van der Waals surface area contributed by atoms with E-state index in [-0.39, 0.29) is 12.2 Å². The summed E-state index contributed by atoms with van der Waals surface area (Å²) in [5, 5.41) is 18.0. The van der Waals surface area contributed by atoms with Crippen molar-refractivity contribution in [1.29, 1.82) is 0 Å². The number of carbonyl (C=O) groups is 1. The largest absolute Gasteiger partial charge is 0.483 e. The summed E-state index contributed by atoms with van der Waals surface area (Å²) >= 11 is 0. The quantitative estimate of drug-likeness (QED) is 0.257. The molecule has 9 nitrogen and oxygen atoms in total.